The maximum absolute atomic E-state index is 12.0. The minimum Gasteiger partial charge on any atom is -0.379 e. The molecule has 2 aromatic rings. The van der Waals surface area contributed by atoms with E-state index in [4.69, 9.17) is 21.1 Å². The molecular formula is C20H25ClN2O3. The summed E-state index contributed by atoms with van der Waals surface area (Å²) in [5, 5.41) is 6.40. The maximum Gasteiger partial charge on any atom is 0.319 e. The fourth-order valence-electron chi connectivity index (χ4n) is 2.34. The number of carbonyl (C=O) groups is 1. The number of benzene rings is 2. The van der Waals surface area contributed by atoms with Gasteiger partial charge in [0, 0.05) is 23.9 Å². The molecule has 0 aromatic heterocycles. The van der Waals surface area contributed by atoms with Gasteiger partial charge in [-0.05, 0) is 48.7 Å². The van der Waals surface area contributed by atoms with Gasteiger partial charge in [-0.25, -0.2) is 4.79 Å². The smallest absolute Gasteiger partial charge is 0.319 e. The summed E-state index contributed by atoms with van der Waals surface area (Å²) in [7, 11) is 0. The van der Waals surface area contributed by atoms with Crippen molar-refractivity contribution in [1.29, 1.82) is 0 Å². The van der Waals surface area contributed by atoms with E-state index in [2.05, 4.69) is 10.6 Å². The molecule has 26 heavy (non-hydrogen) atoms. The van der Waals surface area contributed by atoms with Gasteiger partial charge in [-0.3, -0.25) is 0 Å². The standard InChI is InChI=1S/C20H25ClN2O3/c1-2-25-12-13-26-15-17-4-3-5-19(14-17)23-20(24)22-11-10-16-6-8-18(21)9-7-16/h3-9,14H,2,10-13,15H2,1H3,(H2,22,23,24). The first kappa shape index (κ1) is 20.2. The van der Waals surface area contributed by atoms with Crippen LogP contribution >= 0.6 is 11.6 Å². The number of halogens is 1. The molecule has 0 atom stereocenters. The van der Waals surface area contributed by atoms with E-state index in [1.807, 2.05) is 55.5 Å². The highest BCUT2D eigenvalue weighted by Gasteiger charge is 2.03. The number of rotatable bonds is 10. The molecule has 0 heterocycles. The van der Waals surface area contributed by atoms with Crippen LogP contribution in [0.1, 0.15) is 18.1 Å². The average Bonchev–Trinajstić information content (AvgIpc) is 2.63. The van der Waals surface area contributed by atoms with Crippen LogP contribution in [0.25, 0.3) is 0 Å². The highest BCUT2D eigenvalue weighted by molar-refractivity contribution is 6.30. The lowest BCUT2D eigenvalue weighted by atomic mass is 10.1. The monoisotopic (exact) mass is 376 g/mol. The third-order valence-electron chi connectivity index (χ3n) is 3.64. The first-order valence-corrected chi connectivity index (χ1v) is 9.09. The van der Waals surface area contributed by atoms with Gasteiger partial charge in [0.05, 0.1) is 19.8 Å². The van der Waals surface area contributed by atoms with Gasteiger partial charge < -0.3 is 20.1 Å². The fourth-order valence-corrected chi connectivity index (χ4v) is 2.46. The molecule has 2 aromatic carbocycles. The summed E-state index contributed by atoms with van der Waals surface area (Å²) in [5.41, 5.74) is 2.86. The maximum atomic E-state index is 12.0. The second-order valence-corrected chi connectivity index (χ2v) is 6.14. The van der Waals surface area contributed by atoms with Gasteiger partial charge in [-0.15, -0.1) is 0 Å². The predicted octanol–water partition coefficient (Wildman–Crippen LogP) is 4.26. The molecule has 6 heteroatoms. The third kappa shape index (κ3) is 7.87. The Bertz CT molecular complexity index is 677. The molecule has 140 valence electrons. The van der Waals surface area contributed by atoms with Crippen LogP contribution in [0.3, 0.4) is 0 Å². The Morgan fingerprint density at radius 3 is 2.58 bits per heavy atom. The zero-order valence-electron chi connectivity index (χ0n) is 15.0. The molecule has 0 radical (unpaired) electrons. The van der Waals surface area contributed by atoms with Crippen molar-refractivity contribution in [3.63, 3.8) is 0 Å². The minimum atomic E-state index is -0.228. The predicted molar refractivity (Wildman–Crippen MR) is 105 cm³/mol. The third-order valence-corrected chi connectivity index (χ3v) is 3.89. The highest BCUT2D eigenvalue weighted by atomic mass is 35.5. The van der Waals surface area contributed by atoms with E-state index in [0.29, 0.717) is 38.0 Å². The van der Waals surface area contributed by atoms with Crippen LogP contribution < -0.4 is 10.6 Å². The Hall–Kier alpha value is -2.08. The molecule has 2 rings (SSSR count). The van der Waals surface area contributed by atoms with E-state index in [1.165, 1.54) is 0 Å². The number of anilines is 1. The number of ether oxygens (including phenoxy) is 2. The lowest BCUT2D eigenvalue weighted by molar-refractivity contribution is 0.0453. The molecule has 2 amide bonds. The highest BCUT2D eigenvalue weighted by Crippen LogP contribution is 2.12. The molecule has 0 saturated carbocycles. The summed E-state index contributed by atoms with van der Waals surface area (Å²) in [6, 6.07) is 15.0. The Morgan fingerprint density at radius 2 is 1.81 bits per heavy atom. The molecular weight excluding hydrogens is 352 g/mol. The van der Waals surface area contributed by atoms with Crippen molar-refractivity contribution in [2.45, 2.75) is 20.0 Å². The van der Waals surface area contributed by atoms with Crippen LogP contribution in [0, 0.1) is 0 Å². The van der Waals surface area contributed by atoms with Crippen LogP contribution in [0.2, 0.25) is 5.02 Å². The molecule has 0 bridgehead atoms. The lowest BCUT2D eigenvalue weighted by Crippen LogP contribution is -2.30. The second-order valence-electron chi connectivity index (χ2n) is 5.71. The number of urea groups is 1. The second kappa shape index (κ2) is 11.5. The molecule has 5 nitrogen and oxygen atoms in total. The Morgan fingerprint density at radius 1 is 1.04 bits per heavy atom. The number of amides is 2. The zero-order chi connectivity index (χ0) is 18.6. The lowest BCUT2D eigenvalue weighted by Gasteiger charge is -2.10. The summed E-state index contributed by atoms with van der Waals surface area (Å²) in [6.07, 6.45) is 0.748. The normalized spacial score (nSPS) is 10.5. The fraction of sp³-hybridized carbons (Fsp3) is 0.350. The van der Waals surface area contributed by atoms with Crippen LogP contribution in [0.15, 0.2) is 48.5 Å². The Labute approximate surface area is 159 Å². The van der Waals surface area contributed by atoms with Gasteiger partial charge in [0.25, 0.3) is 0 Å². The van der Waals surface area contributed by atoms with Gasteiger partial charge in [-0.1, -0.05) is 35.9 Å². The summed E-state index contributed by atoms with van der Waals surface area (Å²) in [6.45, 7) is 4.82. The quantitative estimate of drug-likeness (QED) is 0.609. The van der Waals surface area contributed by atoms with Gasteiger partial charge in [-0.2, -0.15) is 0 Å². The van der Waals surface area contributed by atoms with E-state index < -0.39 is 0 Å². The summed E-state index contributed by atoms with van der Waals surface area (Å²) in [5.74, 6) is 0. The van der Waals surface area contributed by atoms with Crippen molar-refractivity contribution in [2.24, 2.45) is 0 Å². The molecule has 0 aliphatic heterocycles. The molecule has 0 unspecified atom stereocenters. The molecule has 0 aliphatic carbocycles. The van der Waals surface area contributed by atoms with E-state index in [0.717, 1.165) is 23.2 Å². The van der Waals surface area contributed by atoms with Crippen molar-refractivity contribution in [3.05, 3.63) is 64.7 Å². The SMILES string of the molecule is CCOCCOCc1cccc(NC(=O)NCCc2ccc(Cl)cc2)c1. The van der Waals surface area contributed by atoms with Crippen molar-refractivity contribution in [2.75, 3.05) is 31.7 Å². The number of hydrogen-bond acceptors (Lipinski definition) is 3. The van der Waals surface area contributed by atoms with Crippen molar-refractivity contribution < 1.29 is 14.3 Å². The molecule has 2 N–H and O–H groups in total. The van der Waals surface area contributed by atoms with E-state index in [-0.39, 0.29) is 6.03 Å². The van der Waals surface area contributed by atoms with Gasteiger partial charge >= 0.3 is 6.03 Å². The first-order valence-electron chi connectivity index (χ1n) is 8.71. The molecule has 0 saturated heterocycles. The van der Waals surface area contributed by atoms with Crippen molar-refractivity contribution in [3.8, 4) is 0 Å². The van der Waals surface area contributed by atoms with Gasteiger partial charge in [0.1, 0.15) is 0 Å². The number of carbonyl (C=O) groups excluding carboxylic acids is 1. The van der Waals surface area contributed by atoms with Crippen LogP contribution in [-0.2, 0) is 22.5 Å². The minimum absolute atomic E-state index is 0.228. The zero-order valence-corrected chi connectivity index (χ0v) is 15.7. The average molecular weight is 377 g/mol. The van der Waals surface area contributed by atoms with Crippen LogP contribution in [-0.4, -0.2) is 32.4 Å². The molecule has 0 aliphatic rings. The number of hydrogen-bond donors (Lipinski definition) is 2. The van der Waals surface area contributed by atoms with Gasteiger partial charge in [0.2, 0.25) is 0 Å². The summed E-state index contributed by atoms with van der Waals surface area (Å²) >= 11 is 5.86. The largest absolute Gasteiger partial charge is 0.379 e. The molecule has 0 spiro atoms. The summed E-state index contributed by atoms with van der Waals surface area (Å²) < 4.78 is 10.8. The summed E-state index contributed by atoms with van der Waals surface area (Å²) in [4.78, 5) is 12.0. The van der Waals surface area contributed by atoms with Crippen molar-refractivity contribution in [1.82, 2.24) is 5.32 Å². The Balaban J connectivity index is 1.70. The first-order chi connectivity index (χ1) is 12.7. The van der Waals surface area contributed by atoms with Gasteiger partial charge in [0.15, 0.2) is 0 Å². The van der Waals surface area contributed by atoms with Crippen LogP contribution in [0.4, 0.5) is 10.5 Å². The Kier molecular flexibility index (Phi) is 8.96. The van der Waals surface area contributed by atoms with E-state index in [9.17, 15) is 4.79 Å². The topological polar surface area (TPSA) is 59.6 Å². The van der Waals surface area contributed by atoms with Crippen molar-refractivity contribution >= 4 is 23.3 Å². The van der Waals surface area contributed by atoms with E-state index >= 15 is 0 Å². The van der Waals surface area contributed by atoms with Crippen LogP contribution in [0.5, 0.6) is 0 Å². The van der Waals surface area contributed by atoms with E-state index in [1.54, 1.807) is 0 Å². The number of nitrogens with one attached hydrogen (secondary N) is 2. The molecule has 0 fully saturated rings.